The van der Waals surface area contributed by atoms with Gasteiger partial charge in [0.15, 0.2) is 0 Å². The van der Waals surface area contributed by atoms with Crippen molar-refractivity contribution in [2.75, 3.05) is 7.11 Å². The van der Waals surface area contributed by atoms with Crippen LogP contribution in [-0.4, -0.2) is 21.6 Å². The number of rotatable bonds is 3. The molecule has 0 aliphatic carbocycles. The fraction of sp³-hybridized carbons (Fsp3) is 0.133. The molecule has 21 heavy (non-hydrogen) atoms. The van der Waals surface area contributed by atoms with Gasteiger partial charge >= 0.3 is 0 Å². The molecule has 0 aliphatic heterocycles. The highest BCUT2D eigenvalue weighted by Gasteiger charge is 2.15. The lowest BCUT2D eigenvalue weighted by Crippen LogP contribution is -2.02. The van der Waals surface area contributed by atoms with Crippen molar-refractivity contribution in [2.45, 2.75) is 5.88 Å². The third kappa shape index (κ3) is 2.20. The number of ether oxygens (including phenoxy) is 1. The summed E-state index contributed by atoms with van der Waals surface area (Å²) < 4.78 is 7.32. The monoisotopic (exact) mass is 298 g/mol. The summed E-state index contributed by atoms with van der Waals surface area (Å²) in [6.07, 6.45) is 3.40. The molecule has 3 rings (SSSR count). The molecule has 104 valence electrons. The fourth-order valence-electron chi connectivity index (χ4n) is 2.27. The van der Waals surface area contributed by atoms with Gasteiger partial charge in [-0.3, -0.25) is 9.55 Å². The van der Waals surface area contributed by atoms with Crippen LogP contribution in [0.3, 0.4) is 0 Å². The van der Waals surface area contributed by atoms with Gasteiger partial charge in [0.2, 0.25) is 0 Å². The number of halogens is 1. The van der Waals surface area contributed by atoms with Crippen LogP contribution in [0.1, 0.15) is 11.4 Å². The number of pyridine rings is 1. The normalized spacial score (nSPS) is 10.5. The van der Waals surface area contributed by atoms with Crippen LogP contribution in [0, 0.1) is 11.3 Å². The molecule has 5 nitrogen and oxygen atoms in total. The first-order chi connectivity index (χ1) is 10.3. The fourth-order valence-corrected chi connectivity index (χ4v) is 2.45. The Morgan fingerprint density at radius 2 is 2.24 bits per heavy atom. The molecule has 1 aromatic carbocycles. The van der Waals surface area contributed by atoms with Crippen LogP contribution in [0.4, 0.5) is 0 Å². The number of aromatic nitrogens is 3. The Kier molecular flexibility index (Phi) is 3.46. The minimum Gasteiger partial charge on any atom is -0.495 e. The maximum Gasteiger partial charge on any atom is 0.144 e. The zero-order valence-electron chi connectivity index (χ0n) is 11.2. The summed E-state index contributed by atoms with van der Waals surface area (Å²) in [5.41, 5.74) is 2.98. The molecule has 3 aromatic rings. The first-order valence-corrected chi connectivity index (χ1v) is 6.77. The van der Waals surface area contributed by atoms with Crippen molar-refractivity contribution in [3.05, 3.63) is 48.0 Å². The summed E-state index contributed by atoms with van der Waals surface area (Å²) in [4.78, 5) is 8.55. The van der Waals surface area contributed by atoms with E-state index in [-0.39, 0.29) is 5.88 Å². The molecule has 2 aromatic heterocycles. The van der Waals surface area contributed by atoms with Crippen LogP contribution in [-0.2, 0) is 5.88 Å². The van der Waals surface area contributed by atoms with Gasteiger partial charge in [-0.2, -0.15) is 5.26 Å². The molecule has 0 aliphatic rings. The van der Waals surface area contributed by atoms with Gasteiger partial charge in [-0.1, -0.05) is 0 Å². The lowest BCUT2D eigenvalue weighted by molar-refractivity contribution is 0.413. The lowest BCUT2D eigenvalue weighted by Gasteiger charge is -2.12. The maximum absolute atomic E-state index is 9.00. The van der Waals surface area contributed by atoms with Gasteiger partial charge in [0, 0.05) is 12.3 Å². The molecule has 0 radical (unpaired) electrons. The molecule has 0 N–H and O–H groups in total. The predicted molar refractivity (Wildman–Crippen MR) is 79.7 cm³/mol. The molecule has 0 unspecified atom stereocenters. The molecule has 6 heteroatoms. The predicted octanol–water partition coefficient (Wildman–Crippen LogP) is 3.04. The van der Waals surface area contributed by atoms with Gasteiger partial charge in [-0.05, 0) is 18.2 Å². The van der Waals surface area contributed by atoms with E-state index in [1.165, 1.54) is 0 Å². The van der Waals surface area contributed by atoms with E-state index in [9.17, 15) is 0 Å². The lowest BCUT2D eigenvalue weighted by atomic mass is 10.2. The van der Waals surface area contributed by atoms with Crippen LogP contribution in [0.5, 0.6) is 5.75 Å². The Bertz CT molecular complexity index is 850. The molecule has 0 amide bonds. The summed E-state index contributed by atoms with van der Waals surface area (Å²) in [5, 5.41) is 9.00. The summed E-state index contributed by atoms with van der Waals surface area (Å²) in [5.74, 6) is 1.55. The minimum atomic E-state index is 0.262. The summed E-state index contributed by atoms with van der Waals surface area (Å²) in [6.45, 7) is 0. The standard InChI is InChI=1S/C15H11ClN4O/c1-21-14-6-10(8-17)2-3-13(14)20-12-4-5-18-9-11(12)19-15(20)7-16/h2-6,9H,7H2,1H3. The second-order valence-corrected chi connectivity index (χ2v) is 4.63. The second kappa shape index (κ2) is 5.43. The van der Waals surface area contributed by atoms with Crippen molar-refractivity contribution in [1.82, 2.24) is 14.5 Å². The smallest absolute Gasteiger partial charge is 0.144 e. The molecule has 0 bridgehead atoms. The number of hydrogen-bond donors (Lipinski definition) is 0. The van der Waals surface area contributed by atoms with E-state index in [0.717, 1.165) is 16.7 Å². The van der Waals surface area contributed by atoms with Gasteiger partial charge in [-0.25, -0.2) is 4.98 Å². The molecular weight excluding hydrogens is 288 g/mol. The minimum absolute atomic E-state index is 0.262. The third-order valence-corrected chi connectivity index (χ3v) is 3.43. The van der Waals surface area contributed by atoms with Crippen LogP contribution in [0.25, 0.3) is 16.7 Å². The zero-order chi connectivity index (χ0) is 14.8. The van der Waals surface area contributed by atoms with Crippen molar-refractivity contribution in [1.29, 1.82) is 5.26 Å². The van der Waals surface area contributed by atoms with E-state index in [0.29, 0.717) is 17.1 Å². The van der Waals surface area contributed by atoms with Gasteiger partial charge in [0.25, 0.3) is 0 Å². The molecule has 0 saturated heterocycles. The van der Waals surface area contributed by atoms with E-state index < -0.39 is 0 Å². The topological polar surface area (TPSA) is 63.7 Å². The molecule has 2 heterocycles. The number of methoxy groups -OCH3 is 1. The Labute approximate surface area is 126 Å². The van der Waals surface area contributed by atoms with E-state index in [1.54, 1.807) is 31.6 Å². The molecule has 0 spiro atoms. The van der Waals surface area contributed by atoms with Crippen molar-refractivity contribution in [2.24, 2.45) is 0 Å². The van der Waals surface area contributed by atoms with Gasteiger partial charge in [0.1, 0.15) is 17.1 Å². The number of nitriles is 1. The van der Waals surface area contributed by atoms with E-state index in [2.05, 4.69) is 16.0 Å². The first-order valence-electron chi connectivity index (χ1n) is 6.24. The third-order valence-electron chi connectivity index (χ3n) is 3.20. The SMILES string of the molecule is COc1cc(C#N)ccc1-n1c(CCl)nc2cnccc21. The molecule has 0 saturated carbocycles. The number of nitrogens with zero attached hydrogens (tertiary/aromatic N) is 4. The first kappa shape index (κ1) is 13.4. The molecule has 0 fully saturated rings. The summed E-state index contributed by atoms with van der Waals surface area (Å²) in [6, 6.07) is 9.23. The highest BCUT2D eigenvalue weighted by molar-refractivity contribution is 6.17. The van der Waals surface area contributed by atoms with Crippen LogP contribution >= 0.6 is 11.6 Å². The number of imidazole rings is 1. The quantitative estimate of drug-likeness (QED) is 0.697. The number of benzene rings is 1. The Morgan fingerprint density at radius 3 is 2.95 bits per heavy atom. The van der Waals surface area contributed by atoms with Crippen molar-refractivity contribution in [3.8, 4) is 17.5 Å². The average Bonchev–Trinajstić information content (AvgIpc) is 2.92. The van der Waals surface area contributed by atoms with Crippen LogP contribution in [0.2, 0.25) is 0 Å². The number of hydrogen-bond acceptors (Lipinski definition) is 4. The maximum atomic E-state index is 9.00. The van der Waals surface area contributed by atoms with Gasteiger partial charge < -0.3 is 4.74 Å². The van der Waals surface area contributed by atoms with E-state index >= 15 is 0 Å². The largest absolute Gasteiger partial charge is 0.495 e. The Balaban J connectivity index is 2.32. The van der Waals surface area contributed by atoms with Gasteiger partial charge in [-0.15, -0.1) is 11.6 Å². The average molecular weight is 299 g/mol. The highest BCUT2D eigenvalue weighted by atomic mass is 35.5. The summed E-state index contributed by atoms with van der Waals surface area (Å²) >= 11 is 6.01. The highest BCUT2D eigenvalue weighted by Crippen LogP contribution is 2.29. The second-order valence-electron chi connectivity index (χ2n) is 4.36. The molecule has 0 atom stereocenters. The van der Waals surface area contributed by atoms with E-state index in [1.807, 2.05) is 16.7 Å². The van der Waals surface area contributed by atoms with Crippen LogP contribution < -0.4 is 4.74 Å². The Morgan fingerprint density at radius 1 is 1.38 bits per heavy atom. The zero-order valence-corrected chi connectivity index (χ0v) is 12.0. The number of alkyl halides is 1. The molecular formula is C15H11ClN4O. The summed E-state index contributed by atoms with van der Waals surface area (Å²) in [7, 11) is 1.57. The van der Waals surface area contributed by atoms with E-state index in [4.69, 9.17) is 21.6 Å². The van der Waals surface area contributed by atoms with Gasteiger partial charge in [0.05, 0.1) is 42.0 Å². The Hall–Kier alpha value is -2.58. The van der Waals surface area contributed by atoms with Crippen molar-refractivity contribution < 1.29 is 4.74 Å². The van der Waals surface area contributed by atoms with Crippen molar-refractivity contribution in [3.63, 3.8) is 0 Å². The van der Waals surface area contributed by atoms with Crippen molar-refractivity contribution >= 4 is 22.6 Å². The van der Waals surface area contributed by atoms with Crippen LogP contribution in [0.15, 0.2) is 36.7 Å². The number of fused-ring (bicyclic) bond motifs is 1.